The first-order chi connectivity index (χ1) is 12.6. The molecule has 144 valence electrons. The van der Waals surface area contributed by atoms with Crippen LogP contribution in [0.25, 0.3) is 0 Å². The summed E-state index contributed by atoms with van der Waals surface area (Å²) in [5.74, 6) is 0.736. The van der Waals surface area contributed by atoms with Gasteiger partial charge in [0, 0.05) is 5.46 Å². The Hall–Kier alpha value is -1.61. The summed E-state index contributed by atoms with van der Waals surface area (Å²) in [5.41, 5.74) is -0.263. The fourth-order valence-electron chi connectivity index (χ4n) is 2.57. The lowest BCUT2D eigenvalue weighted by Gasteiger charge is -2.32. The number of ether oxygens (including phenoxy) is 1. The molecule has 0 aliphatic carbocycles. The number of pyridine rings is 1. The van der Waals surface area contributed by atoms with Crippen molar-refractivity contribution >= 4 is 41.0 Å². The number of anilines is 1. The van der Waals surface area contributed by atoms with E-state index in [0.717, 1.165) is 0 Å². The smallest absolute Gasteiger partial charge is 0.481 e. The van der Waals surface area contributed by atoms with Gasteiger partial charge in [0.05, 0.1) is 28.2 Å². The van der Waals surface area contributed by atoms with E-state index in [1.807, 2.05) is 27.7 Å². The molecule has 1 saturated heterocycles. The molecule has 2 heterocycles. The van der Waals surface area contributed by atoms with E-state index in [-0.39, 0.29) is 0 Å². The highest BCUT2D eigenvalue weighted by molar-refractivity contribution is 7.86. The molecule has 1 N–H and O–H groups in total. The Morgan fingerprint density at radius 1 is 1.11 bits per heavy atom. The van der Waals surface area contributed by atoms with Crippen LogP contribution in [0.5, 0.6) is 5.88 Å². The molecule has 9 heteroatoms. The molecule has 1 aromatic carbocycles. The van der Waals surface area contributed by atoms with Gasteiger partial charge in [-0.15, -0.1) is 0 Å². The monoisotopic (exact) mass is 408 g/mol. The molecule has 27 heavy (non-hydrogen) atoms. The topological polar surface area (TPSA) is 69.7 Å². The van der Waals surface area contributed by atoms with Crippen LogP contribution in [0.1, 0.15) is 27.7 Å². The van der Waals surface area contributed by atoms with Crippen molar-refractivity contribution in [3.05, 3.63) is 41.4 Å². The number of rotatable bonds is 5. The molecule has 1 aromatic heterocycles. The van der Waals surface area contributed by atoms with Crippen molar-refractivity contribution in [2.24, 2.45) is 0 Å². The number of nitrogens with one attached hydrogen (secondary N) is 1. The zero-order valence-corrected chi connectivity index (χ0v) is 17.5. The minimum atomic E-state index is -1.55. The quantitative estimate of drug-likeness (QED) is 0.770. The molecule has 1 fully saturated rings. The van der Waals surface area contributed by atoms with Crippen molar-refractivity contribution in [3.63, 3.8) is 0 Å². The molecule has 0 saturated carbocycles. The highest BCUT2D eigenvalue weighted by Gasteiger charge is 2.52. The third-order valence-electron chi connectivity index (χ3n) is 4.82. The first-order valence-corrected chi connectivity index (χ1v) is 10.0. The third-order valence-corrected chi connectivity index (χ3v) is 6.42. The summed E-state index contributed by atoms with van der Waals surface area (Å²) in [6.45, 7) is 7.93. The van der Waals surface area contributed by atoms with E-state index < -0.39 is 29.3 Å². The summed E-state index contributed by atoms with van der Waals surface area (Å²) in [4.78, 5) is 4.88. The lowest BCUT2D eigenvalue weighted by Crippen LogP contribution is -2.41. The average Bonchev–Trinajstić information content (AvgIpc) is 2.82. The van der Waals surface area contributed by atoms with Crippen LogP contribution >= 0.6 is 11.6 Å². The molecule has 1 aliphatic heterocycles. The van der Waals surface area contributed by atoms with Gasteiger partial charge in [-0.3, -0.25) is 4.72 Å². The van der Waals surface area contributed by atoms with Crippen molar-refractivity contribution in [1.29, 1.82) is 0 Å². The summed E-state index contributed by atoms with van der Waals surface area (Å²) in [5, 5.41) is 0.420. The molecule has 2 aromatic rings. The molecule has 0 radical (unpaired) electrons. The van der Waals surface area contributed by atoms with Crippen LogP contribution in [0.2, 0.25) is 5.02 Å². The van der Waals surface area contributed by atoms with Crippen LogP contribution in [0.4, 0.5) is 5.82 Å². The van der Waals surface area contributed by atoms with Gasteiger partial charge in [0.1, 0.15) is 5.82 Å². The normalized spacial score (nSPS) is 19.0. The molecule has 1 atom stereocenters. The maximum absolute atomic E-state index is 12.5. The van der Waals surface area contributed by atoms with Gasteiger partial charge in [0.2, 0.25) is 5.88 Å². The number of methoxy groups -OCH3 is 1. The summed E-state index contributed by atoms with van der Waals surface area (Å²) in [6, 6.07) is 10.4. The molecule has 0 bridgehead atoms. The predicted octanol–water partition coefficient (Wildman–Crippen LogP) is 3.18. The van der Waals surface area contributed by atoms with Crippen molar-refractivity contribution < 1.29 is 18.3 Å². The van der Waals surface area contributed by atoms with Gasteiger partial charge >= 0.3 is 7.12 Å². The maximum atomic E-state index is 12.5. The van der Waals surface area contributed by atoms with Gasteiger partial charge in [-0.1, -0.05) is 29.8 Å². The van der Waals surface area contributed by atoms with Gasteiger partial charge < -0.3 is 14.0 Å². The molecule has 3 rings (SSSR count). The van der Waals surface area contributed by atoms with Crippen LogP contribution in [-0.2, 0) is 20.3 Å². The van der Waals surface area contributed by atoms with Gasteiger partial charge in [0.25, 0.3) is 0 Å². The van der Waals surface area contributed by atoms with Gasteiger partial charge in [-0.05, 0) is 45.9 Å². The van der Waals surface area contributed by atoms with E-state index in [1.165, 1.54) is 7.11 Å². The summed E-state index contributed by atoms with van der Waals surface area (Å²) in [7, 11) is -0.629. The highest BCUT2D eigenvalue weighted by Crippen LogP contribution is 2.37. The zero-order chi connectivity index (χ0) is 19.8. The van der Waals surface area contributed by atoms with Crippen molar-refractivity contribution in [3.8, 4) is 5.88 Å². The van der Waals surface area contributed by atoms with E-state index in [0.29, 0.717) is 27.1 Å². The molecule has 1 unspecified atom stereocenters. The lowest BCUT2D eigenvalue weighted by atomic mass is 9.79. The minimum absolute atomic E-state index is 0.342. The Kier molecular flexibility index (Phi) is 5.54. The van der Waals surface area contributed by atoms with Crippen LogP contribution in [0.15, 0.2) is 41.3 Å². The second-order valence-corrected chi connectivity index (χ2v) is 8.77. The number of nitrogens with zero attached hydrogens (tertiary/aromatic N) is 1. The van der Waals surface area contributed by atoms with Gasteiger partial charge in [0.15, 0.2) is 11.0 Å². The van der Waals surface area contributed by atoms with Crippen LogP contribution in [0.3, 0.4) is 0 Å². The Balaban J connectivity index is 1.83. The SMILES string of the molecule is COc1nc(NS(=O)c2ccccc2Cl)ccc1B1OC(C)(C)C(C)(C)O1. The van der Waals surface area contributed by atoms with Crippen LogP contribution in [0, 0.1) is 0 Å². The largest absolute Gasteiger partial charge is 0.500 e. The maximum Gasteiger partial charge on any atom is 0.500 e. The molecule has 0 spiro atoms. The Morgan fingerprint density at radius 2 is 1.74 bits per heavy atom. The first kappa shape index (κ1) is 20.1. The van der Waals surface area contributed by atoms with E-state index in [4.69, 9.17) is 25.6 Å². The van der Waals surface area contributed by atoms with E-state index in [1.54, 1.807) is 36.4 Å². The van der Waals surface area contributed by atoms with Crippen molar-refractivity contribution in [1.82, 2.24) is 4.98 Å². The molecular weight excluding hydrogens is 387 g/mol. The standard InChI is InChI=1S/C18H22BClN2O4S/c1-17(2)18(3,4)26-19(25-17)12-10-11-15(21-16(12)24-5)22-27(23)14-9-7-6-8-13(14)20/h6-11H,1-5H3,(H,21,22). The summed E-state index contributed by atoms with van der Waals surface area (Å²) < 4.78 is 32.9. The third kappa shape index (κ3) is 3.99. The number of hydrogen-bond acceptors (Lipinski definition) is 5. The highest BCUT2D eigenvalue weighted by atomic mass is 35.5. The number of hydrogen-bond donors (Lipinski definition) is 1. The van der Waals surface area contributed by atoms with Gasteiger partial charge in [-0.2, -0.15) is 4.98 Å². The Bertz CT molecular complexity index is 862. The number of halogens is 1. The molecule has 6 nitrogen and oxygen atoms in total. The predicted molar refractivity (Wildman–Crippen MR) is 108 cm³/mol. The molecule has 0 amide bonds. The van der Waals surface area contributed by atoms with Gasteiger partial charge in [-0.25, -0.2) is 4.21 Å². The zero-order valence-electron chi connectivity index (χ0n) is 15.9. The number of benzene rings is 1. The van der Waals surface area contributed by atoms with E-state index >= 15 is 0 Å². The van der Waals surface area contributed by atoms with E-state index in [2.05, 4.69) is 9.71 Å². The fraction of sp³-hybridized carbons (Fsp3) is 0.389. The average molecular weight is 409 g/mol. The fourth-order valence-corrected chi connectivity index (χ4v) is 3.77. The first-order valence-electron chi connectivity index (χ1n) is 8.48. The Morgan fingerprint density at radius 3 is 2.33 bits per heavy atom. The minimum Gasteiger partial charge on any atom is -0.481 e. The number of aromatic nitrogens is 1. The Labute approximate surface area is 167 Å². The summed E-state index contributed by atoms with van der Waals surface area (Å²) in [6.07, 6.45) is 0. The van der Waals surface area contributed by atoms with Crippen molar-refractivity contribution in [2.45, 2.75) is 43.8 Å². The second-order valence-electron chi connectivity index (χ2n) is 7.18. The molecular formula is C18H22BClN2O4S. The van der Waals surface area contributed by atoms with E-state index in [9.17, 15) is 4.21 Å². The summed E-state index contributed by atoms with van der Waals surface area (Å²) >= 11 is 6.10. The van der Waals surface area contributed by atoms with Crippen LogP contribution < -0.4 is 14.9 Å². The van der Waals surface area contributed by atoms with Crippen LogP contribution in [-0.4, -0.2) is 34.6 Å². The lowest BCUT2D eigenvalue weighted by molar-refractivity contribution is 0.00578. The van der Waals surface area contributed by atoms with Crippen molar-refractivity contribution in [2.75, 3.05) is 11.8 Å². The second kappa shape index (κ2) is 7.43. The molecule has 1 aliphatic rings.